The van der Waals surface area contributed by atoms with Gasteiger partial charge in [0, 0.05) is 12.1 Å². The van der Waals surface area contributed by atoms with Crippen LogP contribution in [0.25, 0.3) is 11.4 Å². The number of aromatic nitrogens is 2. The third-order valence-corrected chi connectivity index (χ3v) is 4.85. The molecule has 0 radical (unpaired) electrons. The average molecular weight is 425 g/mol. The van der Waals surface area contributed by atoms with Crippen LogP contribution in [0.5, 0.6) is 17.2 Å². The number of likely N-dealkylation sites (N-methyl/N-ethyl adjacent to an activating group) is 1. The van der Waals surface area contributed by atoms with Crippen molar-refractivity contribution in [1.82, 2.24) is 15.0 Å². The van der Waals surface area contributed by atoms with Crippen molar-refractivity contribution in [3.8, 4) is 28.6 Å². The summed E-state index contributed by atoms with van der Waals surface area (Å²) in [6, 6.07) is 11.2. The van der Waals surface area contributed by atoms with E-state index in [-0.39, 0.29) is 19.1 Å². The molecule has 0 N–H and O–H groups in total. The van der Waals surface area contributed by atoms with Crippen LogP contribution in [0.1, 0.15) is 23.9 Å². The molecule has 2 aromatic carbocycles. The van der Waals surface area contributed by atoms with Crippen LogP contribution in [-0.2, 0) is 11.3 Å². The fourth-order valence-electron chi connectivity index (χ4n) is 3.14. The summed E-state index contributed by atoms with van der Waals surface area (Å²) in [4.78, 5) is 18.7. The summed E-state index contributed by atoms with van der Waals surface area (Å²) in [5, 5.41) is 4.03. The van der Waals surface area contributed by atoms with Crippen LogP contribution in [0.2, 0.25) is 0 Å². The molecule has 8 heteroatoms. The average Bonchev–Trinajstić information content (AvgIpc) is 3.24. The van der Waals surface area contributed by atoms with Crippen molar-refractivity contribution in [2.45, 2.75) is 27.3 Å². The first-order chi connectivity index (χ1) is 14.9. The van der Waals surface area contributed by atoms with E-state index in [1.54, 1.807) is 31.3 Å². The van der Waals surface area contributed by atoms with E-state index in [1.807, 2.05) is 45.0 Å². The van der Waals surface area contributed by atoms with Crippen molar-refractivity contribution in [3.05, 3.63) is 53.4 Å². The lowest BCUT2D eigenvalue weighted by Crippen LogP contribution is -2.34. The van der Waals surface area contributed by atoms with Gasteiger partial charge in [0.05, 0.1) is 14.2 Å². The molecular weight excluding hydrogens is 398 g/mol. The number of aryl methyl sites for hydroxylation is 2. The zero-order chi connectivity index (χ0) is 22.4. The number of hydrogen-bond donors (Lipinski definition) is 0. The molecule has 0 aliphatic rings. The highest BCUT2D eigenvalue weighted by molar-refractivity contribution is 5.77. The van der Waals surface area contributed by atoms with Gasteiger partial charge in [-0.1, -0.05) is 22.9 Å². The second-order valence-electron chi connectivity index (χ2n) is 7.05. The summed E-state index contributed by atoms with van der Waals surface area (Å²) < 4.78 is 21.6. The number of methoxy groups -OCH3 is 2. The molecule has 0 aliphatic heterocycles. The molecule has 0 spiro atoms. The van der Waals surface area contributed by atoms with Gasteiger partial charge in [0.15, 0.2) is 18.1 Å². The van der Waals surface area contributed by atoms with E-state index < -0.39 is 0 Å². The molecule has 164 valence electrons. The van der Waals surface area contributed by atoms with Crippen molar-refractivity contribution in [2.24, 2.45) is 0 Å². The lowest BCUT2D eigenvalue weighted by Gasteiger charge is -2.19. The van der Waals surface area contributed by atoms with Gasteiger partial charge >= 0.3 is 0 Å². The zero-order valence-electron chi connectivity index (χ0n) is 18.5. The Balaban J connectivity index is 1.65. The monoisotopic (exact) mass is 425 g/mol. The quantitative estimate of drug-likeness (QED) is 0.515. The third kappa shape index (κ3) is 5.33. The number of rotatable bonds is 9. The predicted octanol–water partition coefficient (Wildman–Crippen LogP) is 3.80. The van der Waals surface area contributed by atoms with Gasteiger partial charge in [-0.15, -0.1) is 0 Å². The number of nitrogens with zero attached hydrogens (tertiary/aromatic N) is 3. The Hall–Kier alpha value is -3.55. The molecule has 1 aromatic heterocycles. The highest BCUT2D eigenvalue weighted by Gasteiger charge is 2.18. The van der Waals surface area contributed by atoms with Gasteiger partial charge < -0.3 is 23.6 Å². The van der Waals surface area contributed by atoms with Crippen LogP contribution in [0.3, 0.4) is 0 Å². The maximum atomic E-state index is 12.6. The predicted molar refractivity (Wildman–Crippen MR) is 115 cm³/mol. The Morgan fingerprint density at radius 3 is 2.45 bits per heavy atom. The van der Waals surface area contributed by atoms with Gasteiger partial charge in [0.1, 0.15) is 12.3 Å². The standard InChI is InChI=1S/C23H27N3O5/c1-6-26(22(27)14-30-18-9-7-15(2)11-16(18)3)13-21-24-23(25-31-21)17-8-10-19(28-4)20(12-17)29-5/h7-12H,6,13-14H2,1-5H3. The summed E-state index contributed by atoms with van der Waals surface area (Å²) in [5.74, 6) is 2.47. The van der Waals surface area contributed by atoms with Crippen molar-refractivity contribution >= 4 is 5.91 Å². The minimum Gasteiger partial charge on any atom is -0.493 e. The minimum atomic E-state index is -0.159. The number of amides is 1. The highest BCUT2D eigenvalue weighted by atomic mass is 16.5. The Kier molecular flexibility index (Phi) is 7.12. The van der Waals surface area contributed by atoms with Crippen molar-refractivity contribution in [3.63, 3.8) is 0 Å². The molecule has 0 saturated heterocycles. The summed E-state index contributed by atoms with van der Waals surface area (Å²) in [6.07, 6.45) is 0. The molecule has 3 aromatic rings. The van der Waals surface area contributed by atoms with Gasteiger partial charge in [-0.2, -0.15) is 4.98 Å². The SMILES string of the molecule is CCN(Cc1nc(-c2ccc(OC)c(OC)c2)no1)C(=O)COc1ccc(C)cc1C. The maximum Gasteiger partial charge on any atom is 0.260 e. The first-order valence-corrected chi connectivity index (χ1v) is 9.98. The van der Waals surface area contributed by atoms with E-state index in [4.69, 9.17) is 18.7 Å². The van der Waals surface area contributed by atoms with Gasteiger partial charge in [0.2, 0.25) is 11.7 Å². The van der Waals surface area contributed by atoms with Gasteiger partial charge in [-0.05, 0) is 50.6 Å². The van der Waals surface area contributed by atoms with Crippen LogP contribution in [0, 0.1) is 13.8 Å². The molecule has 8 nitrogen and oxygen atoms in total. The van der Waals surface area contributed by atoms with Crippen LogP contribution >= 0.6 is 0 Å². The summed E-state index contributed by atoms with van der Waals surface area (Å²) in [5.41, 5.74) is 2.86. The minimum absolute atomic E-state index is 0.0611. The fraction of sp³-hybridized carbons (Fsp3) is 0.348. The molecule has 0 fully saturated rings. The molecule has 3 rings (SSSR count). The summed E-state index contributed by atoms with van der Waals surface area (Å²) >= 11 is 0. The molecule has 0 saturated carbocycles. The van der Waals surface area contributed by atoms with Gasteiger partial charge in [-0.3, -0.25) is 4.79 Å². The fourth-order valence-corrected chi connectivity index (χ4v) is 3.14. The Morgan fingerprint density at radius 1 is 1.03 bits per heavy atom. The number of hydrogen-bond acceptors (Lipinski definition) is 7. The Morgan fingerprint density at radius 2 is 1.77 bits per heavy atom. The van der Waals surface area contributed by atoms with Crippen LogP contribution in [0.15, 0.2) is 40.9 Å². The molecular formula is C23H27N3O5. The number of carbonyl (C=O) groups excluding carboxylic acids is 1. The molecule has 0 aliphatic carbocycles. The summed E-state index contributed by atoms with van der Waals surface area (Å²) in [7, 11) is 3.14. The number of carbonyl (C=O) groups is 1. The molecule has 31 heavy (non-hydrogen) atoms. The lowest BCUT2D eigenvalue weighted by molar-refractivity contribution is -0.134. The largest absolute Gasteiger partial charge is 0.493 e. The van der Waals surface area contributed by atoms with Crippen molar-refractivity contribution < 1.29 is 23.5 Å². The van der Waals surface area contributed by atoms with Gasteiger partial charge in [0.25, 0.3) is 5.91 Å². The van der Waals surface area contributed by atoms with Crippen LogP contribution < -0.4 is 14.2 Å². The molecule has 1 heterocycles. The molecule has 0 unspecified atom stereocenters. The van der Waals surface area contributed by atoms with E-state index in [2.05, 4.69) is 10.1 Å². The third-order valence-electron chi connectivity index (χ3n) is 4.85. The lowest BCUT2D eigenvalue weighted by atomic mass is 10.1. The second kappa shape index (κ2) is 9.97. The number of benzene rings is 2. The van der Waals surface area contributed by atoms with Gasteiger partial charge in [-0.25, -0.2) is 0 Å². The Labute approximate surface area is 181 Å². The van der Waals surface area contributed by atoms with E-state index in [0.717, 1.165) is 16.7 Å². The zero-order valence-corrected chi connectivity index (χ0v) is 18.5. The number of ether oxygens (including phenoxy) is 3. The van der Waals surface area contributed by atoms with E-state index in [0.29, 0.717) is 35.5 Å². The second-order valence-corrected chi connectivity index (χ2v) is 7.05. The van der Waals surface area contributed by atoms with E-state index in [9.17, 15) is 4.79 Å². The first-order valence-electron chi connectivity index (χ1n) is 9.98. The van der Waals surface area contributed by atoms with Crippen molar-refractivity contribution in [1.29, 1.82) is 0 Å². The van der Waals surface area contributed by atoms with Crippen LogP contribution in [-0.4, -0.2) is 48.3 Å². The Bertz CT molecular complexity index is 1050. The highest BCUT2D eigenvalue weighted by Crippen LogP contribution is 2.31. The molecule has 0 atom stereocenters. The molecule has 0 bridgehead atoms. The summed E-state index contributed by atoms with van der Waals surface area (Å²) in [6.45, 7) is 6.49. The topological polar surface area (TPSA) is 86.9 Å². The normalized spacial score (nSPS) is 10.6. The van der Waals surface area contributed by atoms with E-state index in [1.165, 1.54) is 0 Å². The first kappa shape index (κ1) is 22.1. The maximum absolute atomic E-state index is 12.6. The molecule has 1 amide bonds. The van der Waals surface area contributed by atoms with E-state index >= 15 is 0 Å². The van der Waals surface area contributed by atoms with Crippen LogP contribution in [0.4, 0.5) is 0 Å². The smallest absolute Gasteiger partial charge is 0.260 e. The van der Waals surface area contributed by atoms with Crippen molar-refractivity contribution in [2.75, 3.05) is 27.4 Å².